The Balaban J connectivity index is 1.60. The van der Waals surface area contributed by atoms with E-state index in [0.29, 0.717) is 12.0 Å². The van der Waals surface area contributed by atoms with Crippen molar-refractivity contribution in [1.29, 1.82) is 0 Å². The molecule has 2 aliphatic rings. The molecule has 2 N–H and O–H groups in total. The zero-order valence-electron chi connectivity index (χ0n) is 13.6. The van der Waals surface area contributed by atoms with Crippen LogP contribution in [0, 0.1) is 0 Å². The van der Waals surface area contributed by atoms with Gasteiger partial charge in [-0.25, -0.2) is 8.42 Å². The molecule has 1 aliphatic carbocycles. The smallest absolute Gasteiger partial charge is 0.251 e. The van der Waals surface area contributed by atoms with Crippen LogP contribution in [0.5, 0.6) is 0 Å². The SMILES string of the molecule is O=C(N[C@@H]1CCS(=O)(=O)C1)c1ccc2[nH]c3c(c2c1)CCCCC3. The molecule has 2 aromatic rings. The van der Waals surface area contributed by atoms with Crippen LogP contribution >= 0.6 is 0 Å². The van der Waals surface area contributed by atoms with Gasteiger partial charge in [0.1, 0.15) is 0 Å². The summed E-state index contributed by atoms with van der Waals surface area (Å²) in [6.07, 6.45) is 6.29. The Morgan fingerprint density at radius 1 is 1.17 bits per heavy atom. The minimum absolute atomic E-state index is 0.0561. The molecule has 0 spiro atoms. The number of nitrogens with one attached hydrogen (secondary N) is 2. The zero-order chi connectivity index (χ0) is 16.7. The van der Waals surface area contributed by atoms with Crippen molar-refractivity contribution in [1.82, 2.24) is 10.3 Å². The van der Waals surface area contributed by atoms with Crippen molar-refractivity contribution in [2.75, 3.05) is 11.5 Å². The number of aromatic nitrogens is 1. The molecule has 4 rings (SSSR count). The lowest BCUT2D eigenvalue weighted by atomic mass is 10.0. The van der Waals surface area contributed by atoms with E-state index in [4.69, 9.17) is 0 Å². The van der Waals surface area contributed by atoms with Crippen molar-refractivity contribution >= 4 is 26.6 Å². The fourth-order valence-electron chi connectivity index (χ4n) is 3.90. The van der Waals surface area contributed by atoms with E-state index < -0.39 is 9.84 Å². The van der Waals surface area contributed by atoms with Crippen molar-refractivity contribution in [3.63, 3.8) is 0 Å². The molecule has 1 aliphatic heterocycles. The summed E-state index contributed by atoms with van der Waals surface area (Å²) in [7, 11) is -2.98. The molecule has 24 heavy (non-hydrogen) atoms. The first-order chi connectivity index (χ1) is 11.5. The van der Waals surface area contributed by atoms with E-state index in [1.165, 1.54) is 30.5 Å². The second-order valence-electron chi connectivity index (χ2n) is 6.98. The van der Waals surface area contributed by atoms with Crippen LogP contribution < -0.4 is 5.32 Å². The van der Waals surface area contributed by atoms with Crippen molar-refractivity contribution in [2.45, 2.75) is 44.6 Å². The first kappa shape index (κ1) is 15.7. The van der Waals surface area contributed by atoms with Crippen molar-refractivity contribution in [2.24, 2.45) is 0 Å². The van der Waals surface area contributed by atoms with Crippen molar-refractivity contribution in [3.8, 4) is 0 Å². The number of aryl methyl sites for hydroxylation is 2. The summed E-state index contributed by atoms with van der Waals surface area (Å²) in [5, 5.41) is 4.01. The largest absolute Gasteiger partial charge is 0.358 e. The maximum absolute atomic E-state index is 12.5. The molecule has 1 aromatic carbocycles. The summed E-state index contributed by atoms with van der Waals surface area (Å²) in [6, 6.07) is 5.47. The standard InChI is InChI=1S/C18H22N2O3S/c21-18(19-13-8-9-24(22,23)11-13)12-6-7-17-15(10-12)14-4-2-1-3-5-16(14)20-17/h6-7,10,13,20H,1-5,8-9,11H2,(H,19,21)/t13-/m1/s1. The third-order valence-electron chi connectivity index (χ3n) is 5.18. The summed E-state index contributed by atoms with van der Waals surface area (Å²) >= 11 is 0. The molecule has 1 aromatic heterocycles. The third kappa shape index (κ3) is 2.95. The molecule has 0 unspecified atom stereocenters. The number of amides is 1. The fourth-order valence-corrected chi connectivity index (χ4v) is 5.57. The topological polar surface area (TPSA) is 79.0 Å². The van der Waals surface area contributed by atoms with Gasteiger partial charge in [0.25, 0.3) is 5.91 Å². The van der Waals surface area contributed by atoms with E-state index in [1.807, 2.05) is 18.2 Å². The highest BCUT2D eigenvalue weighted by Gasteiger charge is 2.29. The minimum Gasteiger partial charge on any atom is -0.358 e. The lowest BCUT2D eigenvalue weighted by molar-refractivity contribution is 0.0941. The number of benzene rings is 1. The number of hydrogen-bond acceptors (Lipinski definition) is 3. The Morgan fingerprint density at radius 3 is 2.79 bits per heavy atom. The highest BCUT2D eigenvalue weighted by Crippen LogP contribution is 2.29. The Bertz CT molecular complexity index is 898. The van der Waals surface area contributed by atoms with Crippen molar-refractivity contribution < 1.29 is 13.2 Å². The summed E-state index contributed by atoms with van der Waals surface area (Å²) < 4.78 is 23.1. The van der Waals surface area contributed by atoms with Crippen LogP contribution in [-0.2, 0) is 22.7 Å². The Kier molecular flexibility index (Phi) is 3.87. The van der Waals surface area contributed by atoms with Gasteiger partial charge in [-0.05, 0) is 55.9 Å². The quantitative estimate of drug-likeness (QED) is 0.819. The maximum atomic E-state index is 12.5. The van der Waals surface area contributed by atoms with Crippen LogP contribution in [0.4, 0.5) is 0 Å². The minimum atomic E-state index is -2.98. The van der Waals surface area contributed by atoms with Gasteiger partial charge in [0, 0.05) is 28.2 Å². The molecule has 1 amide bonds. The molecule has 6 heteroatoms. The molecule has 2 heterocycles. The predicted molar refractivity (Wildman–Crippen MR) is 94.1 cm³/mol. The molecule has 1 fully saturated rings. The van der Waals surface area contributed by atoms with Gasteiger partial charge in [-0.15, -0.1) is 0 Å². The number of carbonyl (C=O) groups excluding carboxylic acids is 1. The number of fused-ring (bicyclic) bond motifs is 3. The molecule has 1 atom stereocenters. The van der Waals surface area contributed by atoms with Crippen LogP contribution in [0.1, 0.15) is 47.3 Å². The molecule has 0 bridgehead atoms. The van der Waals surface area contributed by atoms with E-state index in [9.17, 15) is 13.2 Å². The molecule has 128 valence electrons. The number of hydrogen-bond donors (Lipinski definition) is 2. The van der Waals surface area contributed by atoms with Crippen LogP contribution in [-0.4, -0.2) is 36.9 Å². The van der Waals surface area contributed by atoms with Gasteiger partial charge < -0.3 is 10.3 Å². The number of carbonyl (C=O) groups is 1. The summed E-state index contributed by atoms with van der Waals surface area (Å²) in [5.41, 5.74) is 4.35. The predicted octanol–water partition coefficient (Wildman–Crippen LogP) is 2.35. The summed E-state index contributed by atoms with van der Waals surface area (Å²) in [6.45, 7) is 0. The molecule has 1 saturated heterocycles. The van der Waals surface area contributed by atoms with Crippen LogP contribution in [0.3, 0.4) is 0 Å². The number of rotatable bonds is 2. The Labute approximate surface area is 141 Å². The van der Waals surface area contributed by atoms with Gasteiger partial charge in [0.05, 0.1) is 11.5 Å². The average Bonchev–Trinajstić information content (AvgIpc) is 2.96. The van der Waals surface area contributed by atoms with E-state index in [1.54, 1.807) is 0 Å². The fraction of sp³-hybridized carbons (Fsp3) is 0.500. The van der Waals surface area contributed by atoms with E-state index in [0.717, 1.165) is 23.7 Å². The van der Waals surface area contributed by atoms with Gasteiger partial charge in [-0.1, -0.05) is 6.42 Å². The van der Waals surface area contributed by atoms with Gasteiger partial charge in [-0.3, -0.25) is 4.79 Å². The lowest BCUT2D eigenvalue weighted by Gasteiger charge is -2.11. The van der Waals surface area contributed by atoms with Gasteiger partial charge >= 0.3 is 0 Å². The van der Waals surface area contributed by atoms with Gasteiger partial charge in [0.15, 0.2) is 9.84 Å². The second kappa shape index (κ2) is 5.92. The molecular weight excluding hydrogens is 324 g/mol. The molecule has 0 saturated carbocycles. The van der Waals surface area contributed by atoms with Gasteiger partial charge in [0.2, 0.25) is 0 Å². The normalized spacial score (nSPS) is 22.9. The maximum Gasteiger partial charge on any atom is 0.251 e. The summed E-state index contributed by atoms with van der Waals surface area (Å²) in [4.78, 5) is 16.0. The molecule has 0 radical (unpaired) electrons. The van der Waals surface area contributed by atoms with Crippen LogP contribution in [0.15, 0.2) is 18.2 Å². The Hall–Kier alpha value is -1.82. The zero-order valence-corrected chi connectivity index (χ0v) is 14.4. The van der Waals surface area contributed by atoms with Crippen molar-refractivity contribution in [3.05, 3.63) is 35.0 Å². The van der Waals surface area contributed by atoms with Crippen LogP contribution in [0.2, 0.25) is 0 Å². The third-order valence-corrected chi connectivity index (χ3v) is 6.95. The van der Waals surface area contributed by atoms with Crippen LogP contribution in [0.25, 0.3) is 10.9 Å². The first-order valence-electron chi connectivity index (χ1n) is 8.67. The first-order valence-corrected chi connectivity index (χ1v) is 10.5. The molecular formula is C18H22N2O3S. The number of aromatic amines is 1. The van der Waals surface area contributed by atoms with E-state index in [-0.39, 0.29) is 23.5 Å². The number of H-pyrrole nitrogens is 1. The van der Waals surface area contributed by atoms with Gasteiger partial charge in [-0.2, -0.15) is 0 Å². The second-order valence-corrected chi connectivity index (χ2v) is 9.21. The Morgan fingerprint density at radius 2 is 2.00 bits per heavy atom. The molecule has 5 nitrogen and oxygen atoms in total. The monoisotopic (exact) mass is 346 g/mol. The average molecular weight is 346 g/mol. The summed E-state index contributed by atoms with van der Waals surface area (Å²) in [5.74, 6) is 0.0469. The lowest BCUT2D eigenvalue weighted by Crippen LogP contribution is -2.35. The van der Waals surface area contributed by atoms with E-state index in [2.05, 4.69) is 10.3 Å². The highest BCUT2D eigenvalue weighted by molar-refractivity contribution is 7.91. The number of sulfone groups is 1. The van der Waals surface area contributed by atoms with E-state index >= 15 is 0 Å². The highest BCUT2D eigenvalue weighted by atomic mass is 32.2.